The summed E-state index contributed by atoms with van der Waals surface area (Å²) in [4.78, 5) is 13.2. The van der Waals surface area contributed by atoms with Gasteiger partial charge >= 0.3 is 5.97 Å². The van der Waals surface area contributed by atoms with Gasteiger partial charge in [-0.2, -0.15) is 0 Å². The lowest BCUT2D eigenvalue weighted by atomic mass is 9.61. The molecule has 0 amide bonds. The molecule has 1 unspecified atom stereocenters. The van der Waals surface area contributed by atoms with E-state index < -0.39 is 5.41 Å². The first-order valence-corrected chi connectivity index (χ1v) is 9.37. The topological polar surface area (TPSA) is 38.3 Å². The quantitative estimate of drug-likeness (QED) is 0.706. The van der Waals surface area contributed by atoms with Crippen LogP contribution in [0.15, 0.2) is 0 Å². The Balaban J connectivity index is 3.01. The number of piperidine rings is 1. The Morgan fingerprint density at radius 3 is 1.71 bits per heavy atom. The summed E-state index contributed by atoms with van der Waals surface area (Å²) in [7, 11) is 0. The zero-order chi connectivity index (χ0) is 19.2. The third-order valence-electron chi connectivity index (χ3n) is 5.42. The van der Waals surface area contributed by atoms with E-state index in [-0.39, 0.29) is 34.0 Å². The number of carbonyl (C=O) groups excluding carboxylic acids is 1. The van der Waals surface area contributed by atoms with E-state index in [2.05, 4.69) is 81.5 Å². The molecule has 0 aliphatic carbocycles. The van der Waals surface area contributed by atoms with Gasteiger partial charge in [0.25, 0.3) is 0 Å². The molecule has 1 fully saturated rings. The highest BCUT2D eigenvalue weighted by atomic mass is 16.5. The van der Waals surface area contributed by atoms with Crippen molar-refractivity contribution in [1.82, 2.24) is 5.32 Å². The Morgan fingerprint density at radius 1 is 0.958 bits per heavy atom. The fourth-order valence-corrected chi connectivity index (χ4v) is 4.30. The van der Waals surface area contributed by atoms with Crippen LogP contribution in [0.4, 0.5) is 0 Å². The van der Waals surface area contributed by atoms with Gasteiger partial charge in [0.05, 0.1) is 5.41 Å². The first-order chi connectivity index (χ1) is 10.4. The van der Waals surface area contributed by atoms with Crippen molar-refractivity contribution in [2.45, 2.75) is 113 Å². The lowest BCUT2D eigenvalue weighted by Gasteiger charge is -2.48. The summed E-state index contributed by atoms with van der Waals surface area (Å²) in [6.07, 6.45) is 2.51. The van der Waals surface area contributed by atoms with Crippen molar-refractivity contribution in [2.24, 2.45) is 16.2 Å². The monoisotopic (exact) mass is 339 g/mol. The van der Waals surface area contributed by atoms with Gasteiger partial charge in [-0.1, -0.05) is 41.5 Å². The largest absolute Gasteiger partial charge is 0.462 e. The molecule has 142 valence electrons. The van der Waals surface area contributed by atoms with Crippen molar-refractivity contribution >= 4 is 5.97 Å². The van der Waals surface area contributed by atoms with Crippen LogP contribution in [0.25, 0.3) is 0 Å². The molecule has 0 aromatic heterocycles. The number of rotatable bonds is 3. The van der Waals surface area contributed by atoms with Crippen molar-refractivity contribution in [2.75, 3.05) is 0 Å². The third-order valence-corrected chi connectivity index (χ3v) is 5.42. The Morgan fingerprint density at radius 2 is 1.38 bits per heavy atom. The SMILES string of the molecule is CC(C)(C)CC(C)(C(=O)OC1CC(C)(C)NC(C)(C)C1)C(C)(C)C. The molecule has 0 saturated carbocycles. The van der Waals surface area contributed by atoms with Gasteiger partial charge in [0.2, 0.25) is 0 Å². The normalized spacial score (nSPS) is 24.3. The van der Waals surface area contributed by atoms with Crippen LogP contribution in [0.3, 0.4) is 0 Å². The van der Waals surface area contributed by atoms with Crippen LogP contribution in [0, 0.1) is 16.2 Å². The predicted octanol–water partition coefficient (Wildman–Crippen LogP) is 5.33. The molecule has 3 nitrogen and oxygen atoms in total. The maximum Gasteiger partial charge on any atom is 0.312 e. The third kappa shape index (κ3) is 5.47. The zero-order valence-corrected chi connectivity index (χ0v) is 18.0. The molecule has 3 heteroatoms. The van der Waals surface area contributed by atoms with E-state index >= 15 is 0 Å². The Bertz CT molecular complexity index is 449. The molecule has 1 atom stereocenters. The molecule has 1 aliphatic heterocycles. The number of carbonyl (C=O) groups is 1. The van der Waals surface area contributed by atoms with Gasteiger partial charge in [-0.3, -0.25) is 4.79 Å². The summed E-state index contributed by atoms with van der Waals surface area (Å²) < 4.78 is 6.12. The Labute approximate surface area is 150 Å². The molecule has 0 aromatic carbocycles. The van der Waals surface area contributed by atoms with E-state index in [1.54, 1.807) is 0 Å². The summed E-state index contributed by atoms with van der Waals surface area (Å²) in [5, 5.41) is 3.65. The second-order valence-corrected chi connectivity index (χ2v) is 11.6. The van der Waals surface area contributed by atoms with E-state index in [0.717, 1.165) is 19.3 Å². The minimum Gasteiger partial charge on any atom is -0.462 e. The number of esters is 1. The molecule has 24 heavy (non-hydrogen) atoms. The molecule has 1 saturated heterocycles. The highest BCUT2D eigenvalue weighted by molar-refractivity contribution is 5.77. The summed E-state index contributed by atoms with van der Waals surface area (Å²) in [5.74, 6) is -0.0385. The molecule has 1 heterocycles. The zero-order valence-electron chi connectivity index (χ0n) is 18.0. The van der Waals surface area contributed by atoms with E-state index in [1.165, 1.54) is 0 Å². The molecule has 1 rings (SSSR count). The number of hydrogen-bond donors (Lipinski definition) is 1. The Kier molecular flexibility index (Phi) is 5.64. The van der Waals surface area contributed by atoms with E-state index in [0.29, 0.717) is 0 Å². The van der Waals surface area contributed by atoms with Gasteiger partial charge in [-0.05, 0) is 51.9 Å². The van der Waals surface area contributed by atoms with Crippen LogP contribution in [0.2, 0.25) is 0 Å². The summed E-state index contributed by atoms with van der Waals surface area (Å²) in [6.45, 7) is 23.9. The standard InChI is InChI=1S/C21H41NO2/c1-17(2,3)14-21(11,18(4,5)6)16(23)24-15-12-19(7,8)22-20(9,10)13-15/h15,22H,12-14H2,1-11H3. The van der Waals surface area contributed by atoms with Crippen LogP contribution in [-0.2, 0) is 9.53 Å². The molecule has 0 radical (unpaired) electrons. The van der Waals surface area contributed by atoms with Crippen LogP contribution in [0.5, 0.6) is 0 Å². The van der Waals surface area contributed by atoms with Crippen molar-refractivity contribution < 1.29 is 9.53 Å². The molecule has 1 N–H and O–H groups in total. The van der Waals surface area contributed by atoms with Crippen molar-refractivity contribution in [3.05, 3.63) is 0 Å². The fourth-order valence-electron chi connectivity index (χ4n) is 4.30. The van der Waals surface area contributed by atoms with Crippen LogP contribution in [0.1, 0.15) is 95.4 Å². The highest BCUT2D eigenvalue weighted by Gasteiger charge is 2.49. The average molecular weight is 340 g/mol. The number of ether oxygens (including phenoxy) is 1. The van der Waals surface area contributed by atoms with Gasteiger partial charge in [0.15, 0.2) is 0 Å². The van der Waals surface area contributed by atoms with Crippen LogP contribution >= 0.6 is 0 Å². The number of hydrogen-bond acceptors (Lipinski definition) is 3. The predicted molar refractivity (Wildman–Crippen MR) is 102 cm³/mol. The van der Waals surface area contributed by atoms with Gasteiger partial charge in [-0.15, -0.1) is 0 Å². The molecule has 0 bridgehead atoms. The smallest absolute Gasteiger partial charge is 0.312 e. The summed E-state index contributed by atoms with van der Waals surface area (Å²) >= 11 is 0. The van der Waals surface area contributed by atoms with Gasteiger partial charge in [-0.25, -0.2) is 0 Å². The second-order valence-electron chi connectivity index (χ2n) is 11.6. The maximum absolute atomic E-state index is 13.2. The molecule has 1 aliphatic rings. The molecular formula is C21H41NO2. The van der Waals surface area contributed by atoms with E-state index in [9.17, 15) is 4.79 Å². The first kappa shape index (κ1) is 21.5. The van der Waals surface area contributed by atoms with Gasteiger partial charge < -0.3 is 10.1 Å². The van der Waals surface area contributed by atoms with Crippen LogP contribution < -0.4 is 5.32 Å². The van der Waals surface area contributed by atoms with Crippen molar-refractivity contribution in [3.8, 4) is 0 Å². The maximum atomic E-state index is 13.2. The minimum atomic E-state index is -0.496. The lowest BCUT2D eigenvalue weighted by Crippen LogP contribution is -2.60. The van der Waals surface area contributed by atoms with E-state index in [1.807, 2.05) is 0 Å². The van der Waals surface area contributed by atoms with Crippen LogP contribution in [-0.4, -0.2) is 23.2 Å². The lowest BCUT2D eigenvalue weighted by molar-refractivity contribution is -0.174. The van der Waals surface area contributed by atoms with Crippen molar-refractivity contribution in [3.63, 3.8) is 0 Å². The van der Waals surface area contributed by atoms with Gasteiger partial charge in [0, 0.05) is 23.9 Å². The Hall–Kier alpha value is -0.570. The highest BCUT2D eigenvalue weighted by Crippen LogP contribution is 2.48. The molecule has 0 spiro atoms. The molecule has 0 aromatic rings. The van der Waals surface area contributed by atoms with Gasteiger partial charge in [0.1, 0.15) is 6.10 Å². The average Bonchev–Trinajstić information content (AvgIpc) is 2.19. The fraction of sp³-hybridized carbons (Fsp3) is 0.952. The molecular weight excluding hydrogens is 298 g/mol. The minimum absolute atomic E-state index is 0.0190. The summed E-state index contributed by atoms with van der Waals surface area (Å²) in [5.41, 5.74) is -0.600. The summed E-state index contributed by atoms with van der Waals surface area (Å²) in [6, 6.07) is 0. The first-order valence-electron chi connectivity index (χ1n) is 9.37. The second kappa shape index (κ2) is 6.30. The van der Waals surface area contributed by atoms with Crippen molar-refractivity contribution in [1.29, 1.82) is 0 Å². The number of nitrogens with one attached hydrogen (secondary N) is 1. The van der Waals surface area contributed by atoms with E-state index in [4.69, 9.17) is 4.74 Å².